The van der Waals surface area contributed by atoms with Crippen molar-refractivity contribution in [2.45, 2.75) is 33.3 Å². The van der Waals surface area contributed by atoms with Crippen LogP contribution in [0, 0.1) is 0 Å². The van der Waals surface area contributed by atoms with Gasteiger partial charge in [-0.1, -0.05) is 13.0 Å². The van der Waals surface area contributed by atoms with Crippen molar-refractivity contribution in [2.75, 3.05) is 6.66 Å². The van der Waals surface area contributed by atoms with E-state index in [0.717, 1.165) is 6.42 Å². The van der Waals surface area contributed by atoms with Crippen LogP contribution in [0.4, 0.5) is 0 Å². The van der Waals surface area contributed by atoms with Gasteiger partial charge in [0.15, 0.2) is 0 Å². The summed E-state index contributed by atoms with van der Waals surface area (Å²) in [6.07, 6.45) is 2.81. The van der Waals surface area contributed by atoms with Crippen LogP contribution in [-0.4, -0.2) is 12.8 Å². The van der Waals surface area contributed by atoms with Gasteiger partial charge in [0.25, 0.3) is 0 Å². The molecule has 0 aromatic heterocycles. The molecule has 0 N–H and O–H groups in total. The normalized spacial score (nSPS) is 17.5. The zero-order valence-electron chi connectivity index (χ0n) is 7.70. The minimum absolute atomic E-state index is 0.0346. The van der Waals surface area contributed by atoms with E-state index in [1.165, 1.54) is 0 Å². The fraction of sp³-hybridized carbons (Fsp3) is 0.750. The standard InChI is InChI=1S/C8H17O2P/c1-5-6-7-11(4,9)10-8(2)3/h6-8H,5H2,1-4H3/b7-6+. The van der Waals surface area contributed by atoms with Gasteiger partial charge in [0.05, 0.1) is 6.10 Å². The molecule has 11 heavy (non-hydrogen) atoms. The zero-order valence-corrected chi connectivity index (χ0v) is 8.60. The molecule has 0 fully saturated rings. The molecule has 1 atom stereocenters. The quantitative estimate of drug-likeness (QED) is 0.614. The third-order valence-corrected chi connectivity index (χ3v) is 2.62. The van der Waals surface area contributed by atoms with Gasteiger partial charge in [-0.3, -0.25) is 4.57 Å². The molecule has 0 bridgehead atoms. The second kappa shape index (κ2) is 4.74. The van der Waals surface area contributed by atoms with Crippen LogP contribution in [0.5, 0.6) is 0 Å². The Balaban J connectivity index is 4.01. The number of rotatable bonds is 4. The fourth-order valence-corrected chi connectivity index (χ4v) is 2.25. The summed E-state index contributed by atoms with van der Waals surface area (Å²) < 4.78 is 16.7. The van der Waals surface area contributed by atoms with Gasteiger partial charge in [0, 0.05) is 6.66 Å². The topological polar surface area (TPSA) is 26.3 Å². The average Bonchev–Trinajstić information content (AvgIpc) is 1.81. The summed E-state index contributed by atoms with van der Waals surface area (Å²) in [7, 11) is -2.45. The van der Waals surface area contributed by atoms with Crippen molar-refractivity contribution in [3.63, 3.8) is 0 Å². The Kier molecular flexibility index (Phi) is 4.71. The molecule has 3 heteroatoms. The van der Waals surface area contributed by atoms with Crippen LogP contribution in [0.25, 0.3) is 0 Å². The van der Waals surface area contributed by atoms with Gasteiger partial charge < -0.3 is 4.52 Å². The molecule has 66 valence electrons. The van der Waals surface area contributed by atoms with E-state index in [9.17, 15) is 4.57 Å². The van der Waals surface area contributed by atoms with E-state index in [2.05, 4.69) is 0 Å². The van der Waals surface area contributed by atoms with Gasteiger partial charge in [0.2, 0.25) is 7.37 Å². The van der Waals surface area contributed by atoms with Crippen molar-refractivity contribution in [3.05, 3.63) is 11.9 Å². The summed E-state index contributed by atoms with van der Waals surface area (Å²) in [4.78, 5) is 0. The second-order valence-electron chi connectivity index (χ2n) is 2.86. The number of hydrogen-bond donors (Lipinski definition) is 0. The van der Waals surface area contributed by atoms with Crippen LogP contribution in [0.2, 0.25) is 0 Å². The van der Waals surface area contributed by atoms with E-state index in [0.29, 0.717) is 0 Å². The van der Waals surface area contributed by atoms with Crippen LogP contribution in [-0.2, 0) is 9.09 Å². The monoisotopic (exact) mass is 176 g/mol. The van der Waals surface area contributed by atoms with Gasteiger partial charge in [-0.15, -0.1) is 0 Å². The van der Waals surface area contributed by atoms with Gasteiger partial charge >= 0.3 is 0 Å². The molecule has 0 amide bonds. The maximum Gasteiger partial charge on any atom is 0.222 e. The smallest absolute Gasteiger partial charge is 0.222 e. The fourth-order valence-electron chi connectivity index (χ4n) is 0.751. The first-order chi connectivity index (χ1) is 4.98. The molecule has 0 spiro atoms. The third kappa shape index (κ3) is 6.33. The minimum atomic E-state index is -2.45. The van der Waals surface area contributed by atoms with E-state index >= 15 is 0 Å². The predicted molar refractivity (Wildman–Crippen MR) is 49.2 cm³/mol. The Labute approximate surface area is 69.1 Å². The third-order valence-electron chi connectivity index (χ3n) is 1.03. The van der Waals surface area contributed by atoms with E-state index in [1.54, 1.807) is 12.5 Å². The lowest BCUT2D eigenvalue weighted by Gasteiger charge is -2.12. The van der Waals surface area contributed by atoms with Gasteiger partial charge in [0.1, 0.15) is 0 Å². The maximum atomic E-state index is 11.5. The summed E-state index contributed by atoms with van der Waals surface area (Å²) >= 11 is 0. The van der Waals surface area contributed by atoms with E-state index in [4.69, 9.17) is 4.52 Å². The van der Waals surface area contributed by atoms with Gasteiger partial charge in [-0.2, -0.15) is 0 Å². The summed E-state index contributed by atoms with van der Waals surface area (Å²) in [6, 6.07) is 0. The second-order valence-corrected chi connectivity index (χ2v) is 5.18. The van der Waals surface area contributed by atoms with Crippen molar-refractivity contribution in [3.8, 4) is 0 Å². The predicted octanol–water partition coefficient (Wildman–Crippen LogP) is 3.24. The molecule has 1 unspecified atom stereocenters. The minimum Gasteiger partial charge on any atom is -0.323 e. The van der Waals surface area contributed by atoms with Crippen molar-refractivity contribution < 1.29 is 9.09 Å². The molecule has 0 saturated heterocycles. The molecule has 0 saturated carbocycles. The van der Waals surface area contributed by atoms with Crippen LogP contribution in [0.1, 0.15) is 27.2 Å². The molecule has 0 aliphatic heterocycles. The highest BCUT2D eigenvalue weighted by molar-refractivity contribution is 7.61. The van der Waals surface area contributed by atoms with E-state index in [-0.39, 0.29) is 6.10 Å². The van der Waals surface area contributed by atoms with Crippen molar-refractivity contribution in [1.82, 2.24) is 0 Å². The molecular formula is C8H17O2P. The lowest BCUT2D eigenvalue weighted by molar-refractivity contribution is 0.251. The van der Waals surface area contributed by atoms with Crippen LogP contribution < -0.4 is 0 Å². The highest BCUT2D eigenvalue weighted by Gasteiger charge is 2.12. The molecule has 0 rings (SSSR count). The highest BCUT2D eigenvalue weighted by Crippen LogP contribution is 2.45. The summed E-state index contributed by atoms with van der Waals surface area (Å²) in [6.45, 7) is 7.41. The highest BCUT2D eigenvalue weighted by atomic mass is 31.2. The molecule has 2 nitrogen and oxygen atoms in total. The van der Waals surface area contributed by atoms with Crippen LogP contribution in [0.15, 0.2) is 11.9 Å². The van der Waals surface area contributed by atoms with Gasteiger partial charge in [-0.25, -0.2) is 0 Å². The van der Waals surface area contributed by atoms with E-state index in [1.807, 2.05) is 26.8 Å². The Hall–Kier alpha value is -0.0700. The first kappa shape index (κ1) is 10.9. The van der Waals surface area contributed by atoms with Gasteiger partial charge in [-0.05, 0) is 26.1 Å². The molecule has 0 heterocycles. The van der Waals surface area contributed by atoms with Crippen molar-refractivity contribution in [2.24, 2.45) is 0 Å². The Morgan fingerprint density at radius 1 is 1.55 bits per heavy atom. The Bertz CT molecular complexity index is 173. The van der Waals surface area contributed by atoms with Crippen LogP contribution in [0.3, 0.4) is 0 Å². The molecule has 0 aliphatic carbocycles. The molecule has 0 aromatic rings. The molecule has 0 aliphatic rings. The summed E-state index contributed by atoms with van der Waals surface area (Å²) in [5, 5.41) is 0. The van der Waals surface area contributed by atoms with Crippen molar-refractivity contribution >= 4 is 7.37 Å². The SMILES string of the molecule is CC/C=C/P(C)(=O)OC(C)C. The lowest BCUT2D eigenvalue weighted by atomic mass is 10.5. The number of allylic oxidation sites excluding steroid dienone is 1. The number of hydrogen-bond acceptors (Lipinski definition) is 2. The van der Waals surface area contributed by atoms with Crippen molar-refractivity contribution in [1.29, 1.82) is 0 Å². The summed E-state index contributed by atoms with van der Waals surface area (Å²) in [5.41, 5.74) is 0. The zero-order chi connectivity index (χ0) is 8.91. The largest absolute Gasteiger partial charge is 0.323 e. The Morgan fingerprint density at radius 3 is 2.45 bits per heavy atom. The first-order valence-electron chi connectivity index (χ1n) is 3.91. The summed E-state index contributed by atoms with van der Waals surface area (Å²) in [5.74, 6) is 1.67. The molecular weight excluding hydrogens is 159 g/mol. The average molecular weight is 176 g/mol. The first-order valence-corrected chi connectivity index (χ1v) is 6.05. The van der Waals surface area contributed by atoms with Crippen LogP contribution >= 0.6 is 7.37 Å². The Morgan fingerprint density at radius 2 is 2.09 bits per heavy atom. The van der Waals surface area contributed by atoms with E-state index < -0.39 is 7.37 Å². The lowest BCUT2D eigenvalue weighted by Crippen LogP contribution is -1.97. The molecule has 0 aromatic carbocycles. The molecule has 0 radical (unpaired) electrons. The maximum absolute atomic E-state index is 11.5.